The van der Waals surface area contributed by atoms with Crippen LogP contribution in [-0.2, 0) is 0 Å². The van der Waals surface area contributed by atoms with Crippen molar-refractivity contribution in [1.82, 2.24) is 9.97 Å². The van der Waals surface area contributed by atoms with E-state index < -0.39 is 0 Å². The number of rotatable bonds is 5. The minimum atomic E-state index is -0.187. The Morgan fingerprint density at radius 2 is 1.54 bits per heavy atom. The van der Waals surface area contributed by atoms with Crippen LogP contribution in [0.25, 0.3) is 22.1 Å². The zero-order valence-electron chi connectivity index (χ0n) is 15.8. The van der Waals surface area contributed by atoms with Gasteiger partial charge in [-0.1, -0.05) is 26.0 Å². The van der Waals surface area contributed by atoms with E-state index >= 15 is 0 Å². The summed E-state index contributed by atoms with van der Waals surface area (Å²) in [7, 11) is 0. The summed E-state index contributed by atoms with van der Waals surface area (Å²) in [5.74, 6) is 1.07. The van der Waals surface area contributed by atoms with Gasteiger partial charge in [0.1, 0.15) is 5.75 Å². The summed E-state index contributed by atoms with van der Waals surface area (Å²) >= 11 is 0. The van der Waals surface area contributed by atoms with Gasteiger partial charge in [-0.05, 0) is 60.5 Å². The lowest BCUT2D eigenvalue weighted by Crippen LogP contribution is -2.12. The zero-order valence-corrected chi connectivity index (χ0v) is 15.8. The first kappa shape index (κ1) is 17.9. The van der Waals surface area contributed by atoms with Crippen molar-refractivity contribution in [2.24, 2.45) is 5.92 Å². The highest BCUT2D eigenvalue weighted by atomic mass is 16.5. The first-order valence-electron chi connectivity index (χ1n) is 9.29. The molecule has 4 aromatic rings. The summed E-state index contributed by atoms with van der Waals surface area (Å²) in [4.78, 5) is 21.8. The molecule has 1 heterocycles. The topological polar surface area (TPSA) is 64.1 Å². The number of para-hydroxylation sites is 2. The highest BCUT2D eigenvalue weighted by molar-refractivity contribution is 6.06. The Morgan fingerprint density at radius 1 is 0.893 bits per heavy atom. The average Bonchev–Trinajstić information content (AvgIpc) is 2.71. The van der Waals surface area contributed by atoms with Crippen LogP contribution in [0.3, 0.4) is 0 Å². The normalized spacial score (nSPS) is 11.1. The van der Waals surface area contributed by atoms with Crippen LogP contribution < -0.4 is 10.1 Å². The van der Waals surface area contributed by atoms with Crippen molar-refractivity contribution in [1.29, 1.82) is 0 Å². The standard InChI is InChI=1S/C23H21N3O2/c1-15(2)14-28-18-10-8-17(9-11-18)24-23(27)16-7-12-21-22(13-16)26-20-6-4-3-5-19(20)25-21/h3-13,15H,14H2,1-2H3,(H,24,27). The molecule has 4 rings (SSSR count). The van der Waals surface area contributed by atoms with Crippen LogP contribution in [0.2, 0.25) is 0 Å². The SMILES string of the molecule is CC(C)COc1ccc(NC(=O)c2ccc3nc4ccccc4nc3c2)cc1. The fraction of sp³-hybridized carbons (Fsp3) is 0.174. The van der Waals surface area contributed by atoms with E-state index in [2.05, 4.69) is 29.1 Å². The molecule has 0 radical (unpaired) electrons. The largest absolute Gasteiger partial charge is 0.493 e. The van der Waals surface area contributed by atoms with Crippen molar-refractivity contribution in [3.05, 3.63) is 72.3 Å². The van der Waals surface area contributed by atoms with Crippen molar-refractivity contribution >= 4 is 33.7 Å². The van der Waals surface area contributed by atoms with Crippen LogP contribution in [0, 0.1) is 5.92 Å². The van der Waals surface area contributed by atoms with E-state index in [1.807, 2.05) is 54.6 Å². The Morgan fingerprint density at radius 3 is 2.21 bits per heavy atom. The summed E-state index contributed by atoms with van der Waals surface area (Å²) < 4.78 is 5.67. The number of aromatic nitrogens is 2. The van der Waals surface area contributed by atoms with E-state index in [4.69, 9.17) is 4.74 Å². The molecular weight excluding hydrogens is 350 g/mol. The van der Waals surface area contributed by atoms with Crippen molar-refractivity contribution in [2.45, 2.75) is 13.8 Å². The van der Waals surface area contributed by atoms with Crippen molar-refractivity contribution in [3.63, 3.8) is 0 Å². The number of anilines is 1. The number of carbonyl (C=O) groups excluding carboxylic acids is 1. The molecule has 0 spiro atoms. The summed E-state index contributed by atoms with van der Waals surface area (Å²) in [5, 5.41) is 2.91. The Bertz CT molecular complexity index is 1140. The molecule has 0 atom stereocenters. The lowest BCUT2D eigenvalue weighted by Gasteiger charge is -2.10. The van der Waals surface area contributed by atoms with Gasteiger partial charge in [-0.2, -0.15) is 0 Å². The maximum absolute atomic E-state index is 12.6. The van der Waals surface area contributed by atoms with Gasteiger partial charge in [0.05, 0.1) is 28.7 Å². The van der Waals surface area contributed by atoms with Gasteiger partial charge in [0.2, 0.25) is 0 Å². The Balaban J connectivity index is 1.52. The number of hydrogen-bond donors (Lipinski definition) is 1. The van der Waals surface area contributed by atoms with Gasteiger partial charge >= 0.3 is 0 Å². The van der Waals surface area contributed by atoms with E-state index in [0.717, 1.165) is 22.3 Å². The molecule has 3 aromatic carbocycles. The second-order valence-corrected chi connectivity index (χ2v) is 7.10. The van der Waals surface area contributed by atoms with Gasteiger partial charge in [-0.25, -0.2) is 9.97 Å². The van der Waals surface area contributed by atoms with Crippen LogP contribution in [0.5, 0.6) is 5.75 Å². The Hall–Kier alpha value is -3.47. The molecule has 1 aromatic heterocycles. The fourth-order valence-electron chi connectivity index (χ4n) is 2.86. The molecule has 0 aliphatic heterocycles. The third-order valence-electron chi connectivity index (χ3n) is 4.30. The number of hydrogen-bond acceptors (Lipinski definition) is 4. The molecule has 0 aliphatic rings. The third-order valence-corrected chi connectivity index (χ3v) is 4.30. The number of ether oxygens (including phenoxy) is 1. The lowest BCUT2D eigenvalue weighted by molar-refractivity contribution is 0.102. The average molecular weight is 371 g/mol. The molecule has 0 unspecified atom stereocenters. The number of fused-ring (bicyclic) bond motifs is 2. The molecule has 0 aliphatic carbocycles. The molecule has 5 nitrogen and oxygen atoms in total. The van der Waals surface area contributed by atoms with E-state index in [1.165, 1.54) is 0 Å². The fourth-order valence-corrected chi connectivity index (χ4v) is 2.86. The molecule has 28 heavy (non-hydrogen) atoms. The lowest BCUT2D eigenvalue weighted by atomic mass is 10.1. The molecule has 0 saturated heterocycles. The molecule has 5 heteroatoms. The molecule has 0 saturated carbocycles. The zero-order chi connectivity index (χ0) is 19.5. The highest BCUT2D eigenvalue weighted by Gasteiger charge is 2.09. The molecule has 1 N–H and O–H groups in total. The third kappa shape index (κ3) is 3.93. The number of amides is 1. The smallest absolute Gasteiger partial charge is 0.255 e. The summed E-state index contributed by atoms with van der Waals surface area (Å²) in [5.41, 5.74) is 4.37. The van der Waals surface area contributed by atoms with Gasteiger partial charge in [0.15, 0.2) is 0 Å². The number of carbonyl (C=O) groups is 1. The van der Waals surface area contributed by atoms with E-state index in [9.17, 15) is 4.79 Å². The van der Waals surface area contributed by atoms with Crippen molar-refractivity contribution < 1.29 is 9.53 Å². The Kier molecular flexibility index (Phi) is 4.89. The van der Waals surface area contributed by atoms with Gasteiger partial charge in [-0.15, -0.1) is 0 Å². The van der Waals surface area contributed by atoms with E-state index in [1.54, 1.807) is 12.1 Å². The summed E-state index contributed by atoms with van der Waals surface area (Å²) in [6.07, 6.45) is 0. The highest BCUT2D eigenvalue weighted by Crippen LogP contribution is 2.20. The monoisotopic (exact) mass is 371 g/mol. The van der Waals surface area contributed by atoms with Crippen LogP contribution in [0.4, 0.5) is 5.69 Å². The quantitative estimate of drug-likeness (QED) is 0.498. The summed E-state index contributed by atoms with van der Waals surface area (Å²) in [6.45, 7) is 4.87. The second-order valence-electron chi connectivity index (χ2n) is 7.10. The number of nitrogens with one attached hydrogen (secondary N) is 1. The Labute approximate surface area is 163 Å². The van der Waals surface area contributed by atoms with Crippen LogP contribution in [0.15, 0.2) is 66.7 Å². The van der Waals surface area contributed by atoms with E-state index in [-0.39, 0.29) is 5.91 Å². The first-order valence-corrected chi connectivity index (χ1v) is 9.29. The predicted molar refractivity (Wildman–Crippen MR) is 112 cm³/mol. The van der Waals surface area contributed by atoms with Gasteiger partial charge in [0, 0.05) is 11.3 Å². The number of benzene rings is 3. The maximum atomic E-state index is 12.6. The van der Waals surface area contributed by atoms with Gasteiger partial charge in [0.25, 0.3) is 5.91 Å². The first-order chi connectivity index (χ1) is 13.6. The van der Waals surface area contributed by atoms with Crippen LogP contribution in [0.1, 0.15) is 24.2 Å². The maximum Gasteiger partial charge on any atom is 0.255 e. The van der Waals surface area contributed by atoms with Gasteiger partial charge in [-0.3, -0.25) is 4.79 Å². The molecule has 0 bridgehead atoms. The van der Waals surface area contributed by atoms with Crippen LogP contribution >= 0.6 is 0 Å². The molecule has 140 valence electrons. The number of nitrogens with zero attached hydrogens (tertiary/aromatic N) is 2. The van der Waals surface area contributed by atoms with Gasteiger partial charge < -0.3 is 10.1 Å². The summed E-state index contributed by atoms with van der Waals surface area (Å²) in [6, 6.07) is 20.4. The van der Waals surface area contributed by atoms with Crippen molar-refractivity contribution in [3.8, 4) is 5.75 Å². The molecular formula is C23H21N3O2. The molecule has 0 fully saturated rings. The van der Waals surface area contributed by atoms with Crippen molar-refractivity contribution in [2.75, 3.05) is 11.9 Å². The predicted octanol–water partition coefficient (Wildman–Crippen LogP) is 5.07. The second kappa shape index (κ2) is 7.64. The molecule has 1 amide bonds. The van der Waals surface area contributed by atoms with Crippen LogP contribution in [-0.4, -0.2) is 22.5 Å². The minimum Gasteiger partial charge on any atom is -0.493 e. The minimum absolute atomic E-state index is 0.187. The van der Waals surface area contributed by atoms with E-state index in [0.29, 0.717) is 29.3 Å².